The second-order valence-electron chi connectivity index (χ2n) is 5.81. The van der Waals surface area contributed by atoms with Gasteiger partial charge in [0.25, 0.3) is 0 Å². The molecular weight excluding hydrogens is 232 g/mol. The molecule has 1 heterocycles. The molecule has 1 fully saturated rings. The number of amidine groups is 1. The highest BCUT2D eigenvalue weighted by atomic mass is 32.2. The maximum absolute atomic E-state index is 5.48. The van der Waals surface area contributed by atoms with Crippen LogP contribution in [-0.2, 0) is 4.74 Å². The Morgan fingerprint density at radius 3 is 2.76 bits per heavy atom. The van der Waals surface area contributed by atoms with E-state index in [1.165, 1.54) is 12.2 Å². The number of hydrogen-bond donors (Lipinski definition) is 1. The number of nitrogens with zero attached hydrogens (tertiary/aromatic N) is 1. The van der Waals surface area contributed by atoms with Crippen LogP contribution in [0, 0.1) is 5.41 Å². The van der Waals surface area contributed by atoms with E-state index < -0.39 is 0 Å². The molecule has 100 valence electrons. The third-order valence-electron chi connectivity index (χ3n) is 2.79. The summed E-state index contributed by atoms with van der Waals surface area (Å²) in [4.78, 5) is 4.56. The zero-order chi connectivity index (χ0) is 12.9. The lowest BCUT2D eigenvalue weighted by Gasteiger charge is -2.35. The van der Waals surface area contributed by atoms with E-state index in [-0.39, 0.29) is 0 Å². The molecule has 0 amide bonds. The Morgan fingerprint density at radius 1 is 1.47 bits per heavy atom. The van der Waals surface area contributed by atoms with Gasteiger partial charge in [0.05, 0.1) is 19.3 Å². The highest BCUT2D eigenvalue weighted by molar-refractivity contribution is 8.13. The van der Waals surface area contributed by atoms with Crippen molar-refractivity contribution in [3.05, 3.63) is 0 Å². The van der Waals surface area contributed by atoms with Crippen molar-refractivity contribution in [3.63, 3.8) is 0 Å². The third-order valence-corrected chi connectivity index (χ3v) is 3.75. The summed E-state index contributed by atoms with van der Waals surface area (Å²) in [7, 11) is 0. The Hall–Kier alpha value is -0.220. The summed E-state index contributed by atoms with van der Waals surface area (Å²) in [6, 6.07) is 0.536. The van der Waals surface area contributed by atoms with Gasteiger partial charge in [-0.15, -0.1) is 0 Å². The molecule has 1 aliphatic heterocycles. The smallest absolute Gasteiger partial charge is 0.156 e. The van der Waals surface area contributed by atoms with E-state index in [9.17, 15) is 0 Å². The number of ether oxygens (including phenoxy) is 1. The van der Waals surface area contributed by atoms with Crippen LogP contribution in [-0.4, -0.2) is 36.2 Å². The van der Waals surface area contributed by atoms with E-state index >= 15 is 0 Å². The van der Waals surface area contributed by atoms with Gasteiger partial charge >= 0.3 is 0 Å². The van der Waals surface area contributed by atoms with Crippen LogP contribution in [0.15, 0.2) is 4.99 Å². The number of aliphatic imine (C=N–C) groups is 1. The first-order chi connectivity index (χ1) is 7.89. The first kappa shape index (κ1) is 14.8. The second kappa shape index (κ2) is 6.64. The van der Waals surface area contributed by atoms with Crippen molar-refractivity contribution in [2.45, 2.75) is 53.2 Å². The van der Waals surface area contributed by atoms with Crippen molar-refractivity contribution in [2.75, 3.05) is 18.9 Å². The molecule has 1 N–H and O–H groups in total. The summed E-state index contributed by atoms with van der Waals surface area (Å²) in [5.74, 6) is 1.17. The molecule has 0 aromatic carbocycles. The van der Waals surface area contributed by atoms with E-state index in [4.69, 9.17) is 4.74 Å². The molecule has 0 spiro atoms. The van der Waals surface area contributed by atoms with Gasteiger partial charge in [-0.05, 0) is 25.7 Å². The molecule has 1 aliphatic rings. The van der Waals surface area contributed by atoms with Crippen molar-refractivity contribution in [3.8, 4) is 0 Å². The summed E-state index contributed by atoms with van der Waals surface area (Å²) in [6.45, 7) is 12.4. The SMILES string of the molecule is CC(C)OCCN=C1NC(C(C)(C)C)CCS1. The zero-order valence-corrected chi connectivity index (χ0v) is 12.6. The van der Waals surface area contributed by atoms with E-state index in [0.29, 0.717) is 24.2 Å². The molecule has 1 saturated heterocycles. The minimum absolute atomic E-state index is 0.296. The van der Waals surface area contributed by atoms with Crippen LogP contribution in [0.25, 0.3) is 0 Å². The Morgan fingerprint density at radius 2 is 2.18 bits per heavy atom. The quantitative estimate of drug-likeness (QED) is 0.787. The minimum atomic E-state index is 0.296. The summed E-state index contributed by atoms with van der Waals surface area (Å²) in [5, 5.41) is 4.63. The molecule has 0 aliphatic carbocycles. The van der Waals surface area contributed by atoms with Gasteiger partial charge in [0.1, 0.15) is 0 Å². The zero-order valence-electron chi connectivity index (χ0n) is 11.7. The molecule has 17 heavy (non-hydrogen) atoms. The molecule has 0 bridgehead atoms. The highest BCUT2D eigenvalue weighted by Crippen LogP contribution is 2.27. The van der Waals surface area contributed by atoms with Crippen LogP contribution < -0.4 is 5.32 Å². The van der Waals surface area contributed by atoms with Crippen LogP contribution >= 0.6 is 11.8 Å². The Balaban J connectivity index is 2.36. The van der Waals surface area contributed by atoms with Gasteiger partial charge in [-0.3, -0.25) is 4.99 Å². The maximum atomic E-state index is 5.48. The van der Waals surface area contributed by atoms with Gasteiger partial charge in [-0.2, -0.15) is 0 Å². The molecule has 1 atom stereocenters. The molecule has 0 aromatic heterocycles. The van der Waals surface area contributed by atoms with Crippen LogP contribution in [0.3, 0.4) is 0 Å². The van der Waals surface area contributed by atoms with Crippen molar-refractivity contribution in [1.82, 2.24) is 5.32 Å². The predicted octanol–water partition coefficient (Wildman–Crippen LogP) is 2.91. The maximum Gasteiger partial charge on any atom is 0.156 e. The summed E-state index contributed by atoms with van der Waals surface area (Å²) < 4.78 is 5.48. The lowest BCUT2D eigenvalue weighted by atomic mass is 9.85. The van der Waals surface area contributed by atoms with Crippen LogP contribution in [0.5, 0.6) is 0 Å². The molecule has 0 saturated carbocycles. The lowest BCUT2D eigenvalue weighted by Crippen LogP contribution is -2.46. The number of thioether (sulfide) groups is 1. The Kier molecular flexibility index (Phi) is 5.80. The van der Waals surface area contributed by atoms with Crippen LogP contribution in [0.2, 0.25) is 0 Å². The molecular formula is C13H26N2OS. The second-order valence-corrected chi connectivity index (χ2v) is 6.89. The first-order valence-electron chi connectivity index (χ1n) is 6.45. The van der Waals surface area contributed by atoms with Gasteiger partial charge in [-0.1, -0.05) is 32.5 Å². The number of nitrogens with one attached hydrogen (secondary N) is 1. The highest BCUT2D eigenvalue weighted by Gasteiger charge is 2.28. The van der Waals surface area contributed by atoms with Crippen molar-refractivity contribution >= 4 is 16.9 Å². The van der Waals surface area contributed by atoms with E-state index in [1.807, 2.05) is 11.8 Å². The largest absolute Gasteiger partial charge is 0.377 e. The molecule has 0 radical (unpaired) electrons. The van der Waals surface area contributed by atoms with Gasteiger partial charge in [0, 0.05) is 11.8 Å². The normalized spacial score (nSPS) is 24.1. The van der Waals surface area contributed by atoms with Gasteiger partial charge < -0.3 is 10.1 Å². The number of hydrogen-bond acceptors (Lipinski definition) is 3. The molecule has 1 rings (SSSR count). The average molecular weight is 258 g/mol. The molecule has 3 nitrogen and oxygen atoms in total. The van der Waals surface area contributed by atoms with E-state index in [1.54, 1.807) is 0 Å². The monoisotopic (exact) mass is 258 g/mol. The minimum Gasteiger partial charge on any atom is -0.377 e. The number of rotatable bonds is 4. The summed E-state index contributed by atoms with van der Waals surface area (Å²) in [5.41, 5.74) is 0.302. The van der Waals surface area contributed by atoms with E-state index in [0.717, 1.165) is 11.7 Å². The van der Waals surface area contributed by atoms with Crippen LogP contribution in [0.1, 0.15) is 41.0 Å². The molecule has 0 aromatic rings. The van der Waals surface area contributed by atoms with Gasteiger partial charge in [0.15, 0.2) is 5.17 Å². The summed E-state index contributed by atoms with van der Waals surface area (Å²) >= 11 is 1.83. The molecule has 4 heteroatoms. The fraction of sp³-hybridized carbons (Fsp3) is 0.923. The fourth-order valence-corrected chi connectivity index (χ4v) is 2.67. The Labute approximate surface area is 110 Å². The topological polar surface area (TPSA) is 33.6 Å². The van der Waals surface area contributed by atoms with Gasteiger partial charge in [0.2, 0.25) is 0 Å². The Bertz CT molecular complexity index is 259. The van der Waals surface area contributed by atoms with Crippen molar-refractivity contribution in [2.24, 2.45) is 10.4 Å². The predicted molar refractivity (Wildman–Crippen MR) is 76.8 cm³/mol. The first-order valence-corrected chi connectivity index (χ1v) is 7.43. The van der Waals surface area contributed by atoms with E-state index in [2.05, 4.69) is 44.9 Å². The van der Waals surface area contributed by atoms with Crippen molar-refractivity contribution in [1.29, 1.82) is 0 Å². The average Bonchev–Trinajstić information content (AvgIpc) is 2.23. The standard InChI is InChI=1S/C13H26N2OS/c1-10(2)16-8-7-14-12-15-11(6-9-17-12)13(3,4)5/h10-11H,6-9H2,1-5H3,(H,14,15). The van der Waals surface area contributed by atoms with Crippen LogP contribution in [0.4, 0.5) is 0 Å². The summed E-state index contributed by atoms with van der Waals surface area (Å²) in [6.07, 6.45) is 1.51. The third kappa shape index (κ3) is 5.77. The van der Waals surface area contributed by atoms with Gasteiger partial charge in [-0.25, -0.2) is 0 Å². The molecule has 1 unspecified atom stereocenters. The van der Waals surface area contributed by atoms with Crippen molar-refractivity contribution < 1.29 is 4.74 Å². The fourth-order valence-electron chi connectivity index (χ4n) is 1.71. The lowest BCUT2D eigenvalue weighted by molar-refractivity contribution is 0.0853.